The zero-order valence-electron chi connectivity index (χ0n) is 8.71. The Morgan fingerprint density at radius 1 is 1.29 bits per heavy atom. The summed E-state index contributed by atoms with van der Waals surface area (Å²) in [5.74, 6) is -0.357. The van der Waals surface area contributed by atoms with Gasteiger partial charge in [-0.3, -0.25) is 4.79 Å². The summed E-state index contributed by atoms with van der Waals surface area (Å²) in [6, 6.07) is 4.55. The molecule has 0 aliphatic heterocycles. The maximum Gasteiger partial charge on any atom is 0.360 e. The summed E-state index contributed by atoms with van der Waals surface area (Å²) in [7, 11) is 0. The van der Waals surface area contributed by atoms with Gasteiger partial charge in [-0.1, -0.05) is 23.2 Å². The molecule has 1 amide bonds. The molecule has 4 nitrogen and oxygen atoms in total. The highest BCUT2D eigenvalue weighted by Gasteiger charge is 2.10. The molecule has 1 aromatic carbocycles. The zero-order valence-corrected chi connectivity index (χ0v) is 10.2. The number of benzene rings is 1. The lowest BCUT2D eigenvalue weighted by Gasteiger charge is -2.04. The molecule has 1 N–H and O–H groups in total. The summed E-state index contributed by atoms with van der Waals surface area (Å²) in [6.07, 6.45) is 0. The van der Waals surface area contributed by atoms with E-state index in [4.69, 9.17) is 27.6 Å². The van der Waals surface area contributed by atoms with E-state index < -0.39 is 5.63 Å². The van der Waals surface area contributed by atoms with Crippen molar-refractivity contribution in [3.63, 3.8) is 0 Å². The lowest BCUT2D eigenvalue weighted by molar-refractivity contribution is -0.114. The molecular formula is C11H7Cl2NO3. The topological polar surface area (TPSA) is 59.3 Å². The maximum atomic E-state index is 11.5. The van der Waals surface area contributed by atoms with Crippen molar-refractivity contribution < 1.29 is 9.21 Å². The minimum absolute atomic E-state index is 0.0586. The van der Waals surface area contributed by atoms with Crippen LogP contribution in [0.5, 0.6) is 0 Å². The third kappa shape index (κ3) is 2.43. The first kappa shape index (κ1) is 12.0. The number of halogens is 2. The van der Waals surface area contributed by atoms with Gasteiger partial charge in [0.2, 0.25) is 5.91 Å². The number of fused-ring (bicyclic) bond motifs is 1. The molecule has 0 radical (unpaired) electrons. The second-order valence-electron chi connectivity index (χ2n) is 3.43. The molecule has 0 aliphatic carbocycles. The van der Waals surface area contributed by atoms with Crippen LogP contribution < -0.4 is 10.9 Å². The van der Waals surface area contributed by atoms with Gasteiger partial charge in [0.25, 0.3) is 0 Å². The van der Waals surface area contributed by atoms with Gasteiger partial charge in [-0.05, 0) is 18.2 Å². The Balaban J connectivity index is 2.71. The monoisotopic (exact) mass is 271 g/mol. The minimum Gasteiger partial charge on any atom is -0.420 e. The van der Waals surface area contributed by atoms with Crippen LogP contribution in [0.2, 0.25) is 10.0 Å². The van der Waals surface area contributed by atoms with Crippen LogP contribution in [0.15, 0.2) is 27.4 Å². The molecule has 88 valence electrons. The number of hydrogen-bond acceptors (Lipinski definition) is 3. The van der Waals surface area contributed by atoms with Crippen molar-refractivity contribution in [2.75, 3.05) is 5.32 Å². The number of amides is 1. The molecule has 0 unspecified atom stereocenters. The summed E-state index contributed by atoms with van der Waals surface area (Å²) < 4.78 is 5.02. The van der Waals surface area contributed by atoms with Crippen LogP contribution in [0.1, 0.15) is 6.92 Å². The minimum atomic E-state index is -0.656. The van der Waals surface area contributed by atoms with Crippen molar-refractivity contribution in [2.24, 2.45) is 0 Å². The first-order chi connectivity index (χ1) is 7.97. The number of anilines is 1. The Hall–Kier alpha value is -1.52. The second-order valence-corrected chi connectivity index (χ2v) is 4.28. The van der Waals surface area contributed by atoms with Crippen molar-refractivity contribution in [3.8, 4) is 0 Å². The number of hydrogen-bond donors (Lipinski definition) is 1. The van der Waals surface area contributed by atoms with Gasteiger partial charge < -0.3 is 9.73 Å². The van der Waals surface area contributed by atoms with Crippen LogP contribution in [0.4, 0.5) is 5.69 Å². The van der Waals surface area contributed by atoms with Crippen molar-refractivity contribution in [1.29, 1.82) is 0 Å². The third-order valence-electron chi connectivity index (χ3n) is 2.06. The van der Waals surface area contributed by atoms with E-state index in [1.807, 2.05) is 0 Å². The van der Waals surface area contributed by atoms with E-state index >= 15 is 0 Å². The molecule has 2 rings (SSSR count). The van der Waals surface area contributed by atoms with E-state index in [-0.39, 0.29) is 22.2 Å². The van der Waals surface area contributed by atoms with Crippen molar-refractivity contribution in [1.82, 2.24) is 0 Å². The molecule has 2 aromatic rings. The zero-order chi connectivity index (χ0) is 12.6. The van der Waals surface area contributed by atoms with Crippen LogP contribution in [0.3, 0.4) is 0 Å². The van der Waals surface area contributed by atoms with Crippen molar-refractivity contribution >= 4 is 45.8 Å². The molecule has 0 saturated heterocycles. The smallest absolute Gasteiger partial charge is 0.360 e. The molecule has 0 spiro atoms. The molecule has 6 heteroatoms. The van der Waals surface area contributed by atoms with Gasteiger partial charge in [0, 0.05) is 17.3 Å². The Morgan fingerprint density at radius 3 is 2.65 bits per heavy atom. The van der Waals surface area contributed by atoms with Gasteiger partial charge in [0.05, 0.1) is 5.02 Å². The molecule has 1 aromatic heterocycles. The molecule has 0 aliphatic rings. The lowest BCUT2D eigenvalue weighted by Crippen LogP contribution is -2.14. The lowest BCUT2D eigenvalue weighted by atomic mass is 10.2. The van der Waals surface area contributed by atoms with E-state index in [1.165, 1.54) is 19.1 Å². The number of rotatable bonds is 1. The summed E-state index contributed by atoms with van der Waals surface area (Å²) in [5.41, 5.74) is -0.351. The van der Waals surface area contributed by atoms with Crippen molar-refractivity contribution in [2.45, 2.75) is 6.92 Å². The molecule has 17 heavy (non-hydrogen) atoms. The van der Waals surface area contributed by atoms with E-state index in [0.717, 1.165) is 0 Å². The normalized spacial score (nSPS) is 10.5. The number of nitrogens with one attached hydrogen (secondary N) is 1. The molecule has 1 heterocycles. The Labute approximate surface area is 106 Å². The van der Waals surface area contributed by atoms with Crippen LogP contribution in [-0.2, 0) is 4.79 Å². The predicted molar refractivity (Wildman–Crippen MR) is 66.8 cm³/mol. The summed E-state index contributed by atoms with van der Waals surface area (Å²) in [4.78, 5) is 22.4. The van der Waals surface area contributed by atoms with Crippen LogP contribution in [0.25, 0.3) is 11.0 Å². The highest BCUT2D eigenvalue weighted by molar-refractivity contribution is 6.38. The highest BCUT2D eigenvalue weighted by Crippen LogP contribution is 2.28. The standard InChI is InChI=1S/C11H7Cl2NO3/c1-5(15)14-9-3-6-2-7(12)4-8(13)10(6)17-11(9)16/h2-4H,1H3,(H,14,15). The van der Waals surface area contributed by atoms with Crippen LogP contribution >= 0.6 is 23.2 Å². The number of carbonyl (C=O) groups is 1. The fourth-order valence-corrected chi connectivity index (χ4v) is 1.98. The summed E-state index contributed by atoms with van der Waals surface area (Å²) in [5, 5.41) is 3.59. The first-order valence-corrected chi connectivity index (χ1v) is 5.43. The Kier molecular flexibility index (Phi) is 3.09. The highest BCUT2D eigenvalue weighted by atomic mass is 35.5. The average molecular weight is 272 g/mol. The Bertz CT molecular complexity index is 664. The summed E-state index contributed by atoms with van der Waals surface area (Å²) >= 11 is 11.7. The van der Waals surface area contributed by atoms with Gasteiger partial charge in [-0.2, -0.15) is 0 Å². The first-order valence-electron chi connectivity index (χ1n) is 4.68. The predicted octanol–water partition coefficient (Wildman–Crippen LogP) is 3.06. The van der Waals surface area contributed by atoms with Crippen molar-refractivity contribution in [3.05, 3.63) is 38.7 Å². The summed E-state index contributed by atoms with van der Waals surface area (Å²) in [6.45, 7) is 1.30. The van der Waals surface area contributed by atoms with E-state index in [0.29, 0.717) is 10.4 Å². The largest absolute Gasteiger partial charge is 0.420 e. The van der Waals surface area contributed by atoms with Gasteiger partial charge in [0.15, 0.2) is 5.58 Å². The van der Waals surface area contributed by atoms with Gasteiger partial charge in [0.1, 0.15) is 5.69 Å². The SMILES string of the molecule is CC(=O)Nc1cc2cc(Cl)cc(Cl)c2oc1=O. The molecule has 0 fully saturated rings. The van der Waals surface area contributed by atoms with Gasteiger partial charge in [-0.25, -0.2) is 4.79 Å². The van der Waals surface area contributed by atoms with E-state index in [9.17, 15) is 9.59 Å². The average Bonchev–Trinajstić information content (AvgIpc) is 2.20. The van der Waals surface area contributed by atoms with Gasteiger partial charge in [-0.15, -0.1) is 0 Å². The quantitative estimate of drug-likeness (QED) is 0.811. The van der Waals surface area contributed by atoms with Gasteiger partial charge >= 0.3 is 5.63 Å². The molecule has 0 atom stereocenters. The van der Waals surface area contributed by atoms with Crippen LogP contribution in [0, 0.1) is 0 Å². The van der Waals surface area contributed by atoms with Crippen LogP contribution in [-0.4, -0.2) is 5.91 Å². The number of carbonyl (C=O) groups excluding carboxylic acids is 1. The Morgan fingerprint density at radius 2 is 2.00 bits per heavy atom. The fraction of sp³-hybridized carbons (Fsp3) is 0.0909. The second kappa shape index (κ2) is 4.39. The fourth-order valence-electron chi connectivity index (χ4n) is 1.43. The van der Waals surface area contributed by atoms with E-state index in [1.54, 1.807) is 6.07 Å². The molecule has 0 saturated carbocycles. The third-order valence-corrected chi connectivity index (χ3v) is 2.56. The molecular weight excluding hydrogens is 265 g/mol. The maximum absolute atomic E-state index is 11.5. The van der Waals surface area contributed by atoms with E-state index in [2.05, 4.69) is 5.32 Å². The molecule has 0 bridgehead atoms.